The van der Waals surface area contributed by atoms with Gasteiger partial charge in [0.15, 0.2) is 0 Å². The van der Waals surface area contributed by atoms with E-state index < -0.39 is 0 Å². The van der Waals surface area contributed by atoms with Gasteiger partial charge in [0.1, 0.15) is 0 Å². The van der Waals surface area contributed by atoms with Crippen LogP contribution in [0.4, 0.5) is 5.69 Å². The molecule has 0 radical (unpaired) electrons. The summed E-state index contributed by atoms with van der Waals surface area (Å²) in [7, 11) is 0. The van der Waals surface area contributed by atoms with Crippen LogP contribution in [0, 0.1) is 11.3 Å². The number of hydrogen-bond acceptors (Lipinski definition) is 2. The zero-order valence-corrected chi connectivity index (χ0v) is 11.0. The van der Waals surface area contributed by atoms with Crippen LogP contribution in [-0.2, 0) is 6.54 Å². The Morgan fingerprint density at radius 2 is 1.89 bits per heavy atom. The molecule has 2 aromatic rings. The van der Waals surface area contributed by atoms with Crippen molar-refractivity contribution in [1.29, 1.82) is 5.26 Å². The molecule has 1 aliphatic rings. The van der Waals surface area contributed by atoms with E-state index in [4.69, 9.17) is 0 Å². The van der Waals surface area contributed by atoms with E-state index in [9.17, 15) is 5.26 Å². The highest BCUT2D eigenvalue weighted by Crippen LogP contribution is 2.36. The van der Waals surface area contributed by atoms with Crippen molar-refractivity contribution in [3.8, 4) is 6.07 Å². The maximum Gasteiger partial charge on any atom is 0.0995 e. The zero-order chi connectivity index (χ0) is 13.2. The first-order chi connectivity index (χ1) is 9.29. The molecule has 1 atom stereocenters. The number of nitrogens with zero attached hydrogens (tertiary/aromatic N) is 2. The molecule has 0 spiro atoms. The van der Waals surface area contributed by atoms with Crippen molar-refractivity contribution in [2.45, 2.75) is 19.4 Å². The van der Waals surface area contributed by atoms with E-state index in [2.05, 4.69) is 42.2 Å². The van der Waals surface area contributed by atoms with E-state index in [-0.39, 0.29) is 0 Å². The molecule has 2 nitrogen and oxygen atoms in total. The van der Waals surface area contributed by atoms with Gasteiger partial charge in [-0.2, -0.15) is 5.26 Å². The van der Waals surface area contributed by atoms with Crippen molar-refractivity contribution in [2.75, 3.05) is 11.4 Å². The van der Waals surface area contributed by atoms with Crippen LogP contribution in [0.3, 0.4) is 0 Å². The van der Waals surface area contributed by atoms with E-state index >= 15 is 0 Å². The Bertz CT molecular complexity index is 640. The van der Waals surface area contributed by atoms with Crippen molar-refractivity contribution in [3.05, 3.63) is 65.2 Å². The lowest BCUT2D eigenvalue weighted by Crippen LogP contribution is -2.21. The monoisotopic (exact) mass is 248 g/mol. The summed E-state index contributed by atoms with van der Waals surface area (Å²) in [4.78, 5) is 2.37. The zero-order valence-electron chi connectivity index (χ0n) is 11.0. The lowest BCUT2D eigenvalue weighted by molar-refractivity contribution is 0.745. The first-order valence-corrected chi connectivity index (χ1v) is 6.61. The van der Waals surface area contributed by atoms with Crippen molar-refractivity contribution < 1.29 is 0 Å². The van der Waals surface area contributed by atoms with Gasteiger partial charge in [-0.25, -0.2) is 0 Å². The summed E-state index contributed by atoms with van der Waals surface area (Å²) in [6, 6.07) is 18.7. The van der Waals surface area contributed by atoms with Crippen LogP contribution in [0.25, 0.3) is 0 Å². The molecular weight excluding hydrogens is 232 g/mol. The molecule has 19 heavy (non-hydrogen) atoms. The molecule has 0 amide bonds. The van der Waals surface area contributed by atoms with Crippen molar-refractivity contribution in [3.63, 3.8) is 0 Å². The maximum absolute atomic E-state index is 9.17. The van der Waals surface area contributed by atoms with E-state index in [1.54, 1.807) is 0 Å². The Kier molecular flexibility index (Phi) is 2.97. The van der Waals surface area contributed by atoms with Gasteiger partial charge in [-0.1, -0.05) is 43.3 Å². The maximum atomic E-state index is 9.17. The minimum Gasteiger partial charge on any atom is -0.366 e. The molecule has 0 fully saturated rings. The Morgan fingerprint density at radius 3 is 2.74 bits per heavy atom. The summed E-state index contributed by atoms with van der Waals surface area (Å²) in [5.41, 5.74) is 4.60. The Morgan fingerprint density at radius 1 is 1.16 bits per heavy atom. The molecule has 0 N–H and O–H groups in total. The topological polar surface area (TPSA) is 27.0 Å². The van der Waals surface area contributed by atoms with Crippen LogP contribution in [0.5, 0.6) is 0 Å². The molecule has 0 saturated carbocycles. The molecule has 0 aromatic heterocycles. The number of para-hydroxylation sites is 1. The lowest BCUT2D eigenvalue weighted by atomic mass is 10.0. The molecule has 94 valence electrons. The summed E-state index contributed by atoms with van der Waals surface area (Å²) < 4.78 is 0. The lowest BCUT2D eigenvalue weighted by Gasteiger charge is -2.20. The molecule has 1 unspecified atom stereocenters. The minimum absolute atomic E-state index is 0.561. The van der Waals surface area contributed by atoms with Crippen LogP contribution < -0.4 is 4.90 Å². The van der Waals surface area contributed by atoms with Crippen molar-refractivity contribution >= 4 is 5.69 Å². The highest BCUT2D eigenvalue weighted by atomic mass is 15.2. The molecule has 0 saturated heterocycles. The third-order valence-corrected chi connectivity index (χ3v) is 3.80. The van der Waals surface area contributed by atoms with Crippen molar-refractivity contribution in [2.24, 2.45) is 0 Å². The highest BCUT2D eigenvalue weighted by Gasteiger charge is 2.25. The third-order valence-electron chi connectivity index (χ3n) is 3.80. The number of benzene rings is 2. The standard InChI is InChI=1S/C17H16N2/c1-13-11-19(17-9-5-4-8-16(13)17)12-15-7-3-2-6-14(15)10-18/h2-9,13H,11-12H2,1H3. The molecule has 3 rings (SSSR count). The second kappa shape index (κ2) is 4.78. The normalized spacial score (nSPS) is 17.1. The van der Waals surface area contributed by atoms with Gasteiger partial charge >= 0.3 is 0 Å². The summed E-state index contributed by atoms with van der Waals surface area (Å²) in [6.45, 7) is 4.10. The molecule has 0 aliphatic carbocycles. The van der Waals surface area contributed by atoms with Crippen LogP contribution in [0.1, 0.15) is 29.5 Å². The largest absolute Gasteiger partial charge is 0.366 e. The predicted octanol–water partition coefficient (Wildman–Crippen LogP) is 3.68. The average molecular weight is 248 g/mol. The Hall–Kier alpha value is -2.27. The van der Waals surface area contributed by atoms with Crippen LogP contribution >= 0.6 is 0 Å². The fourth-order valence-corrected chi connectivity index (χ4v) is 2.84. The van der Waals surface area contributed by atoms with E-state index in [0.717, 1.165) is 24.2 Å². The van der Waals surface area contributed by atoms with Crippen LogP contribution in [0.2, 0.25) is 0 Å². The van der Waals surface area contributed by atoms with Gasteiger partial charge in [0.25, 0.3) is 0 Å². The van der Waals surface area contributed by atoms with Gasteiger partial charge in [0.2, 0.25) is 0 Å². The van der Waals surface area contributed by atoms with Gasteiger partial charge in [-0.05, 0) is 23.3 Å². The van der Waals surface area contributed by atoms with Gasteiger partial charge in [0, 0.05) is 24.7 Å². The van der Waals surface area contributed by atoms with Gasteiger partial charge < -0.3 is 4.90 Å². The van der Waals surface area contributed by atoms with Crippen molar-refractivity contribution in [1.82, 2.24) is 0 Å². The van der Waals surface area contributed by atoms with E-state index in [1.807, 2.05) is 24.3 Å². The number of fused-ring (bicyclic) bond motifs is 1. The van der Waals surface area contributed by atoms with Gasteiger partial charge in [-0.3, -0.25) is 0 Å². The van der Waals surface area contributed by atoms with E-state index in [0.29, 0.717) is 5.92 Å². The number of nitriles is 1. The fourth-order valence-electron chi connectivity index (χ4n) is 2.84. The minimum atomic E-state index is 0.561. The summed E-state index contributed by atoms with van der Waals surface area (Å²) in [5, 5.41) is 9.17. The highest BCUT2D eigenvalue weighted by molar-refractivity contribution is 5.60. The smallest absolute Gasteiger partial charge is 0.0995 e. The van der Waals surface area contributed by atoms with Gasteiger partial charge in [0.05, 0.1) is 11.6 Å². The molecule has 0 bridgehead atoms. The first-order valence-electron chi connectivity index (χ1n) is 6.61. The number of hydrogen-bond donors (Lipinski definition) is 0. The molecule has 2 aromatic carbocycles. The SMILES string of the molecule is CC1CN(Cc2ccccc2C#N)c2ccccc21. The Balaban J connectivity index is 1.92. The molecule has 1 aliphatic heterocycles. The second-order valence-electron chi connectivity index (χ2n) is 5.11. The summed E-state index contributed by atoms with van der Waals surface area (Å²) in [5.74, 6) is 0.561. The number of anilines is 1. The quantitative estimate of drug-likeness (QED) is 0.810. The first kappa shape index (κ1) is 11.8. The second-order valence-corrected chi connectivity index (χ2v) is 5.11. The van der Waals surface area contributed by atoms with Gasteiger partial charge in [-0.15, -0.1) is 0 Å². The Labute approximate surface area is 113 Å². The fraction of sp³-hybridized carbons (Fsp3) is 0.235. The van der Waals surface area contributed by atoms with E-state index in [1.165, 1.54) is 11.3 Å². The molecule has 2 heteroatoms. The molecular formula is C17H16N2. The van der Waals surface area contributed by atoms with Crippen LogP contribution in [0.15, 0.2) is 48.5 Å². The van der Waals surface area contributed by atoms with Crippen LogP contribution in [-0.4, -0.2) is 6.54 Å². The summed E-state index contributed by atoms with van der Waals surface area (Å²) in [6.07, 6.45) is 0. The average Bonchev–Trinajstić information content (AvgIpc) is 2.77. The third kappa shape index (κ3) is 2.08. The number of rotatable bonds is 2. The summed E-state index contributed by atoms with van der Waals surface area (Å²) >= 11 is 0. The molecule has 1 heterocycles. The predicted molar refractivity (Wildman–Crippen MR) is 77.1 cm³/mol.